The van der Waals surface area contributed by atoms with Crippen molar-refractivity contribution in [3.63, 3.8) is 0 Å². The standard InChI is InChI=1S/C36H70O3.Al.K.4H/c1-3-5-7-9-11-13-15-17-19-21-23-25-27-29-31-33-35(37)39-36(38)34-32-30-28-26-24-22-20-18-16-14-12-10-8-6-4-2;;;;;;/h3-34H2,1-2H3;;;;;;/q;;+1;;;;-1. The maximum atomic E-state index is 11.9. The first kappa shape index (κ1) is 46.7. The third-order valence-electron chi connectivity index (χ3n) is 8.20. The molecule has 0 N–H and O–H groups in total. The van der Waals surface area contributed by atoms with E-state index in [1.807, 2.05) is 0 Å². The topological polar surface area (TPSA) is 43.4 Å². The molecule has 0 aliphatic rings. The van der Waals surface area contributed by atoms with Crippen molar-refractivity contribution in [2.24, 2.45) is 0 Å². The molecule has 0 saturated carbocycles. The van der Waals surface area contributed by atoms with Gasteiger partial charge in [-0.2, -0.15) is 0 Å². The van der Waals surface area contributed by atoms with Gasteiger partial charge in [-0.15, -0.1) is 0 Å². The van der Waals surface area contributed by atoms with Crippen molar-refractivity contribution in [1.29, 1.82) is 0 Å². The van der Waals surface area contributed by atoms with Crippen LogP contribution in [0.4, 0.5) is 0 Å². The van der Waals surface area contributed by atoms with Gasteiger partial charge in [0.2, 0.25) is 0 Å². The van der Waals surface area contributed by atoms with E-state index >= 15 is 0 Å². The molecule has 0 heterocycles. The molecule has 0 unspecified atom stereocenters. The molecular formula is C36H74AlKO3. The van der Waals surface area contributed by atoms with E-state index in [9.17, 15) is 9.59 Å². The van der Waals surface area contributed by atoms with Crippen molar-refractivity contribution >= 4 is 29.3 Å². The largest absolute Gasteiger partial charge is 1.00 e. The van der Waals surface area contributed by atoms with Gasteiger partial charge in [-0.1, -0.05) is 194 Å². The summed E-state index contributed by atoms with van der Waals surface area (Å²) in [4.78, 5) is 23.8. The summed E-state index contributed by atoms with van der Waals surface area (Å²) in [6, 6.07) is 0. The van der Waals surface area contributed by atoms with E-state index in [1.165, 1.54) is 167 Å². The number of carbonyl (C=O) groups is 2. The Balaban J connectivity index is -0.00000241. The van der Waals surface area contributed by atoms with E-state index in [0.717, 1.165) is 25.7 Å². The second-order valence-corrected chi connectivity index (χ2v) is 12.2. The number of hydrogen-bond donors (Lipinski definition) is 0. The van der Waals surface area contributed by atoms with Crippen molar-refractivity contribution in [3.8, 4) is 0 Å². The van der Waals surface area contributed by atoms with Gasteiger partial charge in [0.25, 0.3) is 0 Å². The van der Waals surface area contributed by atoms with Gasteiger partial charge in [-0.05, 0) is 12.8 Å². The van der Waals surface area contributed by atoms with Crippen LogP contribution in [0, 0.1) is 0 Å². The number of rotatable bonds is 32. The normalized spacial score (nSPS) is 10.7. The molecule has 0 aliphatic carbocycles. The van der Waals surface area contributed by atoms with Crippen molar-refractivity contribution in [2.75, 3.05) is 0 Å². The molecule has 0 amide bonds. The number of hydrogen-bond acceptors (Lipinski definition) is 3. The molecule has 0 bridgehead atoms. The van der Waals surface area contributed by atoms with Crippen LogP contribution in [0.5, 0.6) is 0 Å². The molecule has 0 aromatic rings. The summed E-state index contributed by atoms with van der Waals surface area (Å²) < 4.78 is 5.01. The summed E-state index contributed by atoms with van der Waals surface area (Å²) in [7, 11) is 0. The molecule has 5 heteroatoms. The monoisotopic (exact) mass is 621 g/mol. The molecule has 0 saturated heterocycles. The third-order valence-corrected chi connectivity index (χ3v) is 8.20. The van der Waals surface area contributed by atoms with Crippen molar-refractivity contribution in [3.05, 3.63) is 0 Å². The van der Waals surface area contributed by atoms with Gasteiger partial charge < -0.3 is 6.16 Å². The van der Waals surface area contributed by atoms with Crippen molar-refractivity contribution in [2.45, 2.75) is 219 Å². The Morgan fingerprint density at radius 1 is 0.366 bits per heavy atom. The van der Waals surface area contributed by atoms with E-state index in [1.54, 1.807) is 0 Å². The molecule has 0 aliphatic heterocycles. The number of ether oxygens (including phenoxy) is 1. The van der Waals surface area contributed by atoms with Gasteiger partial charge in [0.05, 0.1) is 0 Å². The van der Waals surface area contributed by atoms with E-state index in [2.05, 4.69) is 13.8 Å². The Kier molecular flexibility index (Phi) is 47.1. The molecule has 0 aromatic carbocycles. The minimum atomic E-state index is -0.323. The molecule has 0 aromatic heterocycles. The van der Waals surface area contributed by atoms with Crippen LogP contribution >= 0.6 is 0 Å². The zero-order valence-corrected chi connectivity index (χ0v) is 31.0. The summed E-state index contributed by atoms with van der Waals surface area (Å²) in [5.41, 5.74) is 0. The van der Waals surface area contributed by atoms with E-state index in [4.69, 9.17) is 4.74 Å². The number of esters is 2. The fraction of sp³-hybridized carbons (Fsp3) is 0.944. The fourth-order valence-electron chi connectivity index (χ4n) is 5.51. The second-order valence-electron chi connectivity index (χ2n) is 12.2. The van der Waals surface area contributed by atoms with Gasteiger partial charge in [-0.25, -0.2) is 0 Å². The van der Waals surface area contributed by atoms with Crippen molar-refractivity contribution < 1.29 is 67.1 Å². The van der Waals surface area contributed by atoms with Crippen molar-refractivity contribution in [1.82, 2.24) is 0 Å². The first-order valence-electron chi connectivity index (χ1n) is 17.9. The maximum absolute atomic E-state index is 11.9. The SMILES string of the molecule is CCCCCCCCCCCCCCCCCC(=O)OC(=O)CCCCCCCCCCCCCCCCC.[AlH3].[H-].[K+]. The van der Waals surface area contributed by atoms with Crippen LogP contribution in [0.25, 0.3) is 0 Å². The predicted molar refractivity (Wildman–Crippen MR) is 181 cm³/mol. The Morgan fingerprint density at radius 2 is 0.537 bits per heavy atom. The summed E-state index contributed by atoms with van der Waals surface area (Å²) in [6.45, 7) is 4.55. The summed E-state index contributed by atoms with van der Waals surface area (Å²) in [5, 5.41) is 0. The second kappa shape index (κ2) is 41.3. The van der Waals surface area contributed by atoms with Crippen LogP contribution in [0.1, 0.15) is 221 Å². The predicted octanol–water partition coefficient (Wildman–Crippen LogP) is 8.51. The average Bonchev–Trinajstić information content (AvgIpc) is 2.93. The van der Waals surface area contributed by atoms with E-state index in [0.29, 0.717) is 12.8 Å². The minimum Gasteiger partial charge on any atom is -1.00 e. The molecule has 0 fully saturated rings. The van der Waals surface area contributed by atoms with Crippen LogP contribution in [0.2, 0.25) is 0 Å². The van der Waals surface area contributed by atoms with E-state index < -0.39 is 0 Å². The fourth-order valence-corrected chi connectivity index (χ4v) is 5.51. The van der Waals surface area contributed by atoms with Crippen LogP contribution in [0.15, 0.2) is 0 Å². The Labute approximate surface area is 312 Å². The number of carbonyl (C=O) groups excluding carboxylic acids is 2. The molecule has 3 nitrogen and oxygen atoms in total. The molecule has 0 radical (unpaired) electrons. The third kappa shape index (κ3) is 41.3. The smallest absolute Gasteiger partial charge is 1.00 e. The van der Waals surface area contributed by atoms with Gasteiger partial charge in [0, 0.05) is 12.8 Å². The molecular weight excluding hydrogens is 546 g/mol. The molecule has 0 rings (SSSR count). The average molecular weight is 621 g/mol. The Bertz CT molecular complexity index is 478. The van der Waals surface area contributed by atoms with Gasteiger partial charge in [0.1, 0.15) is 0 Å². The molecule has 0 atom stereocenters. The van der Waals surface area contributed by atoms with E-state index in [-0.39, 0.29) is 82.1 Å². The van der Waals surface area contributed by atoms with Crippen LogP contribution in [-0.2, 0) is 14.3 Å². The first-order chi connectivity index (χ1) is 19.2. The van der Waals surface area contributed by atoms with Gasteiger partial charge in [-0.3, -0.25) is 9.59 Å². The van der Waals surface area contributed by atoms with Crippen LogP contribution < -0.4 is 51.4 Å². The van der Waals surface area contributed by atoms with Gasteiger partial charge >= 0.3 is 63.3 Å². The Morgan fingerprint density at radius 3 is 0.732 bits per heavy atom. The molecule has 240 valence electrons. The molecule has 41 heavy (non-hydrogen) atoms. The maximum Gasteiger partial charge on any atom is 1.00 e. The quantitative estimate of drug-likeness (QED) is 0.0328. The van der Waals surface area contributed by atoms with Crippen LogP contribution in [0.3, 0.4) is 0 Å². The summed E-state index contributed by atoms with van der Waals surface area (Å²) in [6.07, 6.45) is 40.1. The summed E-state index contributed by atoms with van der Waals surface area (Å²) in [5.74, 6) is -0.647. The minimum absolute atomic E-state index is 0. The Hall–Kier alpha value is 1.31. The zero-order valence-electron chi connectivity index (χ0n) is 28.9. The summed E-state index contributed by atoms with van der Waals surface area (Å²) >= 11 is 0. The molecule has 0 spiro atoms. The van der Waals surface area contributed by atoms with Gasteiger partial charge in [0.15, 0.2) is 17.4 Å². The zero-order chi connectivity index (χ0) is 28.5. The number of unbranched alkanes of at least 4 members (excludes halogenated alkanes) is 28. The van der Waals surface area contributed by atoms with Crippen LogP contribution in [-0.4, -0.2) is 29.3 Å². The first-order valence-corrected chi connectivity index (χ1v) is 17.9.